The zero-order valence-electron chi connectivity index (χ0n) is 17.6. The van der Waals surface area contributed by atoms with Gasteiger partial charge in [-0.1, -0.05) is 25.8 Å². The van der Waals surface area contributed by atoms with Gasteiger partial charge < -0.3 is 15.2 Å². The summed E-state index contributed by atoms with van der Waals surface area (Å²) in [6.45, 7) is 3.19. The molecule has 172 valence electrons. The monoisotopic (exact) mass is 467 g/mol. The number of pyridine rings is 1. The summed E-state index contributed by atoms with van der Waals surface area (Å²) in [5.41, 5.74) is 0.596. The van der Waals surface area contributed by atoms with Gasteiger partial charge >= 0.3 is 5.97 Å². The van der Waals surface area contributed by atoms with Crippen molar-refractivity contribution in [3.63, 3.8) is 0 Å². The van der Waals surface area contributed by atoms with E-state index in [1.807, 2.05) is 6.92 Å². The Morgan fingerprint density at radius 2 is 1.91 bits per heavy atom. The van der Waals surface area contributed by atoms with E-state index in [-0.39, 0.29) is 41.7 Å². The van der Waals surface area contributed by atoms with Gasteiger partial charge in [0.15, 0.2) is 11.4 Å². The summed E-state index contributed by atoms with van der Waals surface area (Å²) in [6.07, 6.45) is 3.37. The van der Waals surface area contributed by atoms with E-state index in [0.717, 1.165) is 18.6 Å². The number of benzene rings is 1. The van der Waals surface area contributed by atoms with Crippen molar-refractivity contribution >= 4 is 29.9 Å². The molecule has 0 aliphatic carbocycles. The zero-order chi connectivity index (χ0) is 22.5. The summed E-state index contributed by atoms with van der Waals surface area (Å²) in [5.74, 6) is -2.90. The number of halogens is 3. The van der Waals surface area contributed by atoms with Crippen LogP contribution >= 0.6 is 12.4 Å². The second-order valence-electron chi connectivity index (χ2n) is 7.11. The number of unbranched alkanes of at least 4 members (excludes halogenated alkanes) is 1. The van der Waals surface area contributed by atoms with Gasteiger partial charge in [0.2, 0.25) is 0 Å². The first-order valence-electron chi connectivity index (χ1n) is 9.90. The third kappa shape index (κ3) is 5.34. The quantitative estimate of drug-likeness (QED) is 0.489. The van der Waals surface area contributed by atoms with Crippen molar-refractivity contribution in [1.29, 1.82) is 0 Å². The molecule has 32 heavy (non-hydrogen) atoms. The highest BCUT2D eigenvalue weighted by Gasteiger charge is 2.24. The molecular formula is C22H24ClF2N3O4. The number of aliphatic carboxylic acids is 1. The fourth-order valence-electron chi connectivity index (χ4n) is 3.25. The number of nitrogens with one attached hydrogen (secondary N) is 1. The molecular weight excluding hydrogens is 444 g/mol. The molecule has 0 saturated heterocycles. The maximum atomic E-state index is 13.9. The van der Waals surface area contributed by atoms with Crippen molar-refractivity contribution in [2.45, 2.75) is 45.8 Å². The molecule has 0 spiro atoms. The number of nitrogens with zero attached hydrogens (tertiary/aromatic N) is 2. The smallest absolute Gasteiger partial charge is 0.326 e. The van der Waals surface area contributed by atoms with E-state index in [9.17, 15) is 23.5 Å². The molecule has 0 aliphatic rings. The highest BCUT2D eigenvalue weighted by Crippen LogP contribution is 2.24. The molecule has 3 rings (SSSR count). The molecule has 1 atom stereocenters. The molecule has 0 saturated carbocycles. The van der Waals surface area contributed by atoms with Crippen LogP contribution in [0.5, 0.6) is 5.75 Å². The van der Waals surface area contributed by atoms with Gasteiger partial charge in [0.25, 0.3) is 5.91 Å². The van der Waals surface area contributed by atoms with Gasteiger partial charge in [-0.3, -0.25) is 9.20 Å². The highest BCUT2D eigenvalue weighted by atomic mass is 35.5. The Bertz CT molecular complexity index is 1100. The molecule has 1 unspecified atom stereocenters. The fourth-order valence-corrected chi connectivity index (χ4v) is 3.25. The van der Waals surface area contributed by atoms with E-state index in [4.69, 9.17) is 4.74 Å². The highest BCUT2D eigenvalue weighted by molar-refractivity contribution is 5.97. The summed E-state index contributed by atoms with van der Waals surface area (Å²) in [6, 6.07) is 5.71. The lowest BCUT2D eigenvalue weighted by molar-refractivity contribution is -0.139. The van der Waals surface area contributed by atoms with Crippen molar-refractivity contribution in [3.8, 4) is 5.75 Å². The number of hydrogen-bond acceptors (Lipinski definition) is 4. The van der Waals surface area contributed by atoms with Crippen LogP contribution in [0.4, 0.5) is 8.78 Å². The number of imidazole rings is 1. The molecule has 0 aliphatic heterocycles. The average Bonchev–Trinajstić information content (AvgIpc) is 3.07. The second-order valence-corrected chi connectivity index (χ2v) is 7.11. The number of aromatic nitrogens is 2. The molecule has 2 aromatic heterocycles. The van der Waals surface area contributed by atoms with Crippen molar-refractivity contribution < 1.29 is 28.2 Å². The number of carboxylic acid groups (broad SMARTS) is 1. The zero-order valence-corrected chi connectivity index (χ0v) is 18.4. The predicted molar refractivity (Wildman–Crippen MR) is 116 cm³/mol. The van der Waals surface area contributed by atoms with Gasteiger partial charge in [0, 0.05) is 6.20 Å². The lowest BCUT2D eigenvalue weighted by Crippen LogP contribution is -2.41. The Kier molecular flexibility index (Phi) is 8.54. The van der Waals surface area contributed by atoms with Crippen LogP contribution in [0.15, 0.2) is 36.5 Å². The van der Waals surface area contributed by atoms with Gasteiger partial charge in [-0.25, -0.2) is 18.6 Å². The van der Waals surface area contributed by atoms with Crippen LogP contribution in [0.1, 0.15) is 47.9 Å². The SMILES string of the molecule is CCCCC(NC(=O)c1c(C)nc2c(OCc3c(F)cccc3F)cccn12)C(=O)O.Cl. The molecule has 10 heteroatoms. The molecule has 3 aromatic rings. The number of fused-ring (bicyclic) bond motifs is 1. The molecule has 2 N–H and O–H groups in total. The first-order valence-corrected chi connectivity index (χ1v) is 9.90. The molecule has 2 heterocycles. The van der Waals surface area contributed by atoms with Crippen molar-refractivity contribution in [1.82, 2.24) is 14.7 Å². The Morgan fingerprint density at radius 3 is 2.53 bits per heavy atom. The van der Waals surface area contributed by atoms with E-state index in [0.29, 0.717) is 18.5 Å². The van der Waals surface area contributed by atoms with Crippen LogP contribution < -0.4 is 10.1 Å². The van der Waals surface area contributed by atoms with Crippen LogP contribution in [0, 0.1) is 18.6 Å². The number of aryl methyl sites for hydroxylation is 1. The molecule has 0 radical (unpaired) electrons. The van der Waals surface area contributed by atoms with Gasteiger partial charge in [-0.2, -0.15) is 0 Å². The third-order valence-electron chi connectivity index (χ3n) is 4.89. The minimum atomic E-state index is -1.11. The van der Waals surface area contributed by atoms with Crippen LogP contribution in [0.3, 0.4) is 0 Å². The summed E-state index contributed by atoms with van der Waals surface area (Å²) in [7, 11) is 0. The maximum Gasteiger partial charge on any atom is 0.326 e. The Labute approximate surface area is 189 Å². The van der Waals surface area contributed by atoms with E-state index < -0.39 is 29.6 Å². The number of ether oxygens (including phenoxy) is 1. The Hall–Kier alpha value is -3.20. The molecule has 0 bridgehead atoms. The van der Waals surface area contributed by atoms with Crippen LogP contribution in [-0.2, 0) is 11.4 Å². The van der Waals surface area contributed by atoms with Gasteiger partial charge in [0.1, 0.15) is 30.0 Å². The normalized spacial score (nSPS) is 11.6. The maximum absolute atomic E-state index is 13.9. The number of carbonyl (C=O) groups excluding carboxylic acids is 1. The van der Waals surface area contributed by atoms with E-state index in [2.05, 4.69) is 10.3 Å². The Balaban J connectivity index is 0.00000363. The lowest BCUT2D eigenvalue weighted by atomic mass is 10.1. The summed E-state index contributed by atoms with van der Waals surface area (Å²) >= 11 is 0. The van der Waals surface area contributed by atoms with Gasteiger partial charge in [-0.15, -0.1) is 12.4 Å². The lowest BCUT2D eigenvalue weighted by Gasteiger charge is -2.14. The molecule has 7 nitrogen and oxygen atoms in total. The van der Waals surface area contributed by atoms with Crippen LogP contribution in [-0.4, -0.2) is 32.4 Å². The van der Waals surface area contributed by atoms with Crippen molar-refractivity contribution in [2.24, 2.45) is 0 Å². The predicted octanol–water partition coefficient (Wildman–Crippen LogP) is 4.29. The fraction of sp³-hybridized carbons (Fsp3) is 0.318. The van der Waals surface area contributed by atoms with Crippen molar-refractivity contribution in [2.75, 3.05) is 0 Å². The van der Waals surface area contributed by atoms with E-state index in [1.165, 1.54) is 10.5 Å². The summed E-state index contributed by atoms with van der Waals surface area (Å²) < 4.78 is 34.8. The van der Waals surface area contributed by atoms with Gasteiger partial charge in [0.05, 0.1) is 11.3 Å². The second kappa shape index (κ2) is 10.9. The number of carboxylic acids is 1. The van der Waals surface area contributed by atoms with Crippen LogP contribution in [0.2, 0.25) is 0 Å². The molecule has 1 aromatic carbocycles. The van der Waals surface area contributed by atoms with E-state index in [1.54, 1.807) is 25.3 Å². The molecule has 0 fully saturated rings. The third-order valence-corrected chi connectivity index (χ3v) is 4.89. The van der Waals surface area contributed by atoms with Gasteiger partial charge in [-0.05, 0) is 37.6 Å². The van der Waals surface area contributed by atoms with Crippen LogP contribution in [0.25, 0.3) is 5.65 Å². The largest absolute Gasteiger partial charge is 0.485 e. The van der Waals surface area contributed by atoms with E-state index >= 15 is 0 Å². The minimum Gasteiger partial charge on any atom is -0.485 e. The molecule has 1 amide bonds. The average molecular weight is 468 g/mol. The number of rotatable bonds is 9. The topological polar surface area (TPSA) is 92.9 Å². The minimum absolute atomic E-state index is 0. The first-order chi connectivity index (χ1) is 14.8. The number of amides is 1. The standard InChI is InChI=1S/C22H23F2N3O4.ClH/c1-3-4-9-17(22(29)30)26-21(28)19-13(2)25-20-18(10-6-11-27(19)20)31-12-14-15(23)7-5-8-16(14)24;/h5-8,10-11,17H,3-4,9,12H2,1-2H3,(H,26,28)(H,29,30);1H. The number of hydrogen-bond donors (Lipinski definition) is 2. The summed E-state index contributed by atoms with van der Waals surface area (Å²) in [5, 5.41) is 11.9. The summed E-state index contributed by atoms with van der Waals surface area (Å²) in [4.78, 5) is 28.6. The Morgan fingerprint density at radius 1 is 1.22 bits per heavy atom. The first kappa shape index (κ1) is 25.1. The number of carbonyl (C=O) groups is 2. The van der Waals surface area contributed by atoms with Crippen molar-refractivity contribution in [3.05, 3.63) is 65.1 Å².